The van der Waals surface area contributed by atoms with Crippen molar-refractivity contribution in [2.45, 2.75) is 13.3 Å². The maximum atomic E-state index is 13.3. The van der Waals surface area contributed by atoms with Crippen LogP contribution in [0, 0.1) is 0 Å². The van der Waals surface area contributed by atoms with Gasteiger partial charge in [0, 0.05) is 29.8 Å². The van der Waals surface area contributed by atoms with Crippen LogP contribution in [0.2, 0.25) is 0 Å². The van der Waals surface area contributed by atoms with E-state index in [0.717, 1.165) is 12.0 Å². The fraction of sp³-hybridized carbons (Fsp3) is 0.394. The summed E-state index contributed by atoms with van der Waals surface area (Å²) in [6, 6.07) is 13.1. The number of ether oxygens (including phenoxy) is 6. The van der Waals surface area contributed by atoms with Crippen LogP contribution in [0.1, 0.15) is 22.8 Å². The molecule has 47 heavy (non-hydrogen) atoms. The summed E-state index contributed by atoms with van der Waals surface area (Å²) in [5.74, 6) is 0.570. The number of carbonyl (C=O) groups excluding carboxylic acids is 1. The molecule has 0 radical (unpaired) electrons. The molecule has 4 aromatic rings. The van der Waals surface area contributed by atoms with Crippen LogP contribution < -0.4 is 25.7 Å². The van der Waals surface area contributed by atoms with Gasteiger partial charge in [-0.3, -0.25) is 14.4 Å². The summed E-state index contributed by atoms with van der Waals surface area (Å²) in [4.78, 5) is 39.9. The smallest absolute Gasteiger partial charge is 0.280 e. The molecule has 5 rings (SSSR count). The minimum atomic E-state index is -0.677. The molecule has 250 valence electrons. The van der Waals surface area contributed by atoms with Crippen molar-refractivity contribution in [1.29, 1.82) is 0 Å². The standard InChI is InChI=1S/C33H39N5O9/c1-3-23-4-7-25(8-5-23)38-22-27(32(40)37-41-2)30(39)26-21-34-33(36-31(26)38)35-24-6-9-28-29(20-24)47-19-17-45-15-13-43-11-10-42-12-14-44-16-18-46-28/h4-9,20-22H,3,10-19H2,1-2H3,(H,37,40)(H,34,35,36). The van der Waals surface area contributed by atoms with Crippen molar-refractivity contribution in [1.82, 2.24) is 20.0 Å². The summed E-state index contributed by atoms with van der Waals surface area (Å²) < 4.78 is 35.8. The Balaban J connectivity index is 1.42. The molecule has 0 spiro atoms. The number of nitrogens with zero attached hydrogens (tertiary/aromatic N) is 3. The Hall–Kier alpha value is -4.60. The fourth-order valence-corrected chi connectivity index (χ4v) is 4.70. The highest BCUT2D eigenvalue weighted by Gasteiger charge is 2.19. The summed E-state index contributed by atoms with van der Waals surface area (Å²) >= 11 is 0. The van der Waals surface area contributed by atoms with Crippen LogP contribution in [0.15, 0.2) is 59.7 Å². The van der Waals surface area contributed by atoms with Gasteiger partial charge in [0.1, 0.15) is 18.8 Å². The van der Waals surface area contributed by atoms with Gasteiger partial charge >= 0.3 is 0 Å². The van der Waals surface area contributed by atoms with Crippen LogP contribution in [-0.4, -0.2) is 93.6 Å². The van der Waals surface area contributed by atoms with E-state index in [4.69, 9.17) is 33.3 Å². The van der Waals surface area contributed by atoms with Crippen LogP contribution in [0.25, 0.3) is 16.7 Å². The summed E-state index contributed by atoms with van der Waals surface area (Å²) in [5.41, 5.74) is 4.36. The number of anilines is 2. The van der Waals surface area contributed by atoms with Gasteiger partial charge < -0.3 is 38.3 Å². The van der Waals surface area contributed by atoms with E-state index < -0.39 is 11.3 Å². The van der Waals surface area contributed by atoms with Crippen LogP contribution in [-0.2, 0) is 30.2 Å². The van der Waals surface area contributed by atoms with Gasteiger partial charge in [-0.1, -0.05) is 19.1 Å². The summed E-state index contributed by atoms with van der Waals surface area (Å²) in [7, 11) is 1.30. The number of aryl methyl sites for hydroxylation is 1. The molecule has 14 heteroatoms. The number of nitrogens with one attached hydrogen (secondary N) is 2. The zero-order chi connectivity index (χ0) is 32.8. The number of aromatic nitrogens is 3. The molecule has 0 aliphatic carbocycles. The molecule has 0 saturated carbocycles. The number of rotatable bonds is 6. The second-order valence-electron chi connectivity index (χ2n) is 10.3. The SMILES string of the molecule is CCc1ccc(-n2cc(C(=O)NOC)c(=O)c3cnc(Nc4ccc5c(c4)OCCOCCOCCOCCOCCO5)nc32)cc1. The first-order valence-electron chi connectivity index (χ1n) is 15.4. The normalized spacial score (nSPS) is 15.4. The number of hydroxylamine groups is 1. The zero-order valence-corrected chi connectivity index (χ0v) is 26.5. The maximum absolute atomic E-state index is 13.3. The van der Waals surface area contributed by atoms with E-state index >= 15 is 0 Å². The van der Waals surface area contributed by atoms with E-state index in [9.17, 15) is 9.59 Å². The molecule has 14 nitrogen and oxygen atoms in total. The minimum absolute atomic E-state index is 0.112. The predicted molar refractivity (Wildman–Crippen MR) is 173 cm³/mol. The molecule has 0 fully saturated rings. The van der Waals surface area contributed by atoms with Gasteiger partial charge in [0.2, 0.25) is 11.4 Å². The van der Waals surface area contributed by atoms with E-state index in [1.165, 1.54) is 19.5 Å². The van der Waals surface area contributed by atoms with Crippen molar-refractivity contribution in [3.63, 3.8) is 0 Å². The summed E-state index contributed by atoms with van der Waals surface area (Å²) in [6.45, 7) is 6.20. The minimum Gasteiger partial charge on any atom is -0.487 e. The molecule has 2 N–H and O–H groups in total. The third-order valence-corrected chi connectivity index (χ3v) is 7.09. The van der Waals surface area contributed by atoms with Gasteiger partial charge in [-0.15, -0.1) is 0 Å². The number of carbonyl (C=O) groups is 1. The van der Waals surface area contributed by atoms with E-state index in [0.29, 0.717) is 88.0 Å². The first-order chi connectivity index (χ1) is 23.1. The Kier molecular flexibility index (Phi) is 12.5. The molecular formula is C33H39N5O9. The van der Waals surface area contributed by atoms with Gasteiger partial charge in [0.05, 0.1) is 65.4 Å². The second kappa shape index (κ2) is 17.4. The predicted octanol–water partition coefficient (Wildman–Crippen LogP) is 3.22. The van der Waals surface area contributed by atoms with Crippen LogP contribution in [0.5, 0.6) is 11.5 Å². The van der Waals surface area contributed by atoms with Crippen molar-refractivity contribution in [2.75, 3.05) is 78.5 Å². The first kappa shape index (κ1) is 33.8. The Labute approximate surface area is 271 Å². The van der Waals surface area contributed by atoms with Gasteiger partial charge in [-0.05, 0) is 36.2 Å². The molecule has 0 atom stereocenters. The highest BCUT2D eigenvalue weighted by molar-refractivity contribution is 5.96. The molecule has 2 aromatic carbocycles. The molecule has 1 aliphatic rings. The molecule has 0 saturated heterocycles. The van der Waals surface area contributed by atoms with E-state index in [1.54, 1.807) is 22.8 Å². The zero-order valence-electron chi connectivity index (χ0n) is 26.5. The lowest BCUT2D eigenvalue weighted by atomic mass is 10.1. The lowest BCUT2D eigenvalue weighted by molar-refractivity contribution is -0.00841. The first-order valence-corrected chi connectivity index (χ1v) is 15.4. The van der Waals surface area contributed by atoms with Gasteiger partial charge in [0.25, 0.3) is 5.91 Å². The Morgan fingerprint density at radius 1 is 0.851 bits per heavy atom. The number of hydrogen-bond acceptors (Lipinski definition) is 12. The molecular weight excluding hydrogens is 610 g/mol. The number of benzene rings is 2. The van der Waals surface area contributed by atoms with E-state index in [2.05, 4.69) is 27.7 Å². The van der Waals surface area contributed by atoms with Crippen molar-refractivity contribution < 1.29 is 38.1 Å². The van der Waals surface area contributed by atoms with Crippen molar-refractivity contribution in [2.24, 2.45) is 0 Å². The molecule has 0 bridgehead atoms. The van der Waals surface area contributed by atoms with E-state index in [1.807, 2.05) is 24.3 Å². The number of amides is 1. The molecule has 2 aromatic heterocycles. The third kappa shape index (κ3) is 9.24. The maximum Gasteiger partial charge on any atom is 0.280 e. The molecule has 3 heterocycles. The molecule has 1 aliphatic heterocycles. The fourth-order valence-electron chi connectivity index (χ4n) is 4.70. The van der Waals surface area contributed by atoms with Crippen molar-refractivity contribution in [3.05, 3.63) is 76.2 Å². The Bertz CT molecular complexity index is 1680. The largest absolute Gasteiger partial charge is 0.487 e. The summed E-state index contributed by atoms with van der Waals surface area (Å²) in [5, 5.41) is 3.36. The topological polar surface area (TPSA) is 154 Å². The van der Waals surface area contributed by atoms with Crippen molar-refractivity contribution >= 4 is 28.6 Å². The van der Waals surface area contributed by atoms with Crippen molar-refractivity contribution in [3.8, 4) is 17.2 Å². The van der Waals surface area contributed by atoms with Crippen LogP contribution in [0.3, 0.4) is 0 Å². The summed E-state index contributed by atoms with van der Waals surface area (Å²) in [6.07, 6.45) is 3.71. The second-order valence-corrected chi connectivity index (χ2v) is 10.3. The average molecular weight is 650 g/mol. The molecule has 1 amide bonds. The van der Waals surface area contributed by atoms with Crippen LogP contribution >= 0.6 is 0 Å². The Morgan fingerprint density at radius 2 is 1.47 bits per heavy atom. The third-order valence-electron chi connectivity index (χ3n) is 7.09. The highest BCUT2D eigenvalue weighted by Crippen LogP contribution is 2.32. The monoisotopic (exact) mass is 649 g/mol. The highest BCUT2D eigenvalue weighted by atomic mass is 16.6. The number of fused-ring (bicyclic) bond motifs is 2. The number of pyridine rings is 1. The van der Waals surface area contributed by atoms with Crippen LogP contribution in [0.4, 0.5) is 11.6 Å². The van der Waals surface area contributed by atoms with Gasteiger partial charge in [0.15, 0.2) is 17.1 Å². The van der Waals surface area contributed by atoms with E-state index in [-0.39, 0.29) is 23.5 Å². The lowest BCUT2D eigenvalue weighted by Crippen LogP contribution is -2.29. The lowest BCUT2D eigenvalue weighted by Gasteiger charge is -2.16. The quantitative estimate of drug-likeness (QED) is 0.295. The average Bonchev–Trinajstić information content (AvgIpc) is 3.08. The molecule has 0 unspecified atom stereocenters. The van der Waals surface area contributed by atoms with Gasteiger partial charge in [-0.25, -0.2) is 10.5 Å². The Morgan fingerprint density at radius 3 is 2.09 bits per heavy atom. The number of hydrogen-bond donors (Lipinski definition) is 2. The van der Waals surface area contributed by atoms with Gasteiger partial charge in [-0.2, -0.15) is 4.98 Å².